The Balaban J connectivity index is 1.08. The normalized spacial score (nSPS) is 15.7. The molecule has 0 unspecified atom stereocenters. The van der Waals surface area contributed by atoms with E-state index in [1.807, 2.05) is 12.1 Å². The molecule has 11 heteroatoms. The highest BCUT2D eigenvalue weighted by atomic mass is 32.2. The minimum Gasteiger partial charge on any atom is -0.410 e. The van der Waals surface area contributed by atoms with Gasteiger partial charge in [-0.05, 0) is 72.9 Å². The van der Waals surface area contributed by atoms with Crippen molar-refractivity contribution in [2.24, 2.45) is 0 Å². The van der Waals surface area contributed by atoms with Crippen LogP contribution in [0.2, 0.25) is 0 Å². The molecule has 216 valence electrons. The topological polar surface area (TPSA) is 109 Å². The summed E-state index contributed by atoms with van der Waals surface area (Å²) in [7, 11) is -3.94. The third-order valence-corrected chi connectivity index (χ3v) is 9.18. The second-order valence-corrected chi connectivity index (χ2v) is 12.2. The highest BCUT2D eigenvalue weighted by molar-refractivity contribution is 7.93. The number of piperazine rings is 1. The maximum Gasteiger partial charge on any atom is 0.415 e. The van der Waals surface area contributed by atoms with Crippen molar-refractivity contribution in [3.63, 3.8) is 0 Å². The number of rotatable bonds is 6. The molecule has 1 saturated heterocycles. The van der Waals surface area contributed by atoms with Gasteiger partial charge < -0.3 is 14.5 Å². The van der Waals surface area contributed by atoms with Crippen LogP contribution in [-0.2, 0) is 10.0 Å². The Labute approximate surface area is 243 Å². The molecule has 0 bridgehead atoms. The molecule has 1 aliphatic heterocycles. The lowest BCUT2D eigenvalue weighted by atomic mass is 9.80. The molecule has 4 aromatic rings. The van der Waals surface area contributed by atoms with Gasteiger partial charge in [0.15, 0.2) is 0 Å². The van der Waals surface area contributed by atoms with Crippen molar-refractivity contribution in [3.05, 3.63) is 95.9 Å². The SMILES string of the molecule is O=C(Oc1cccc(F)c1)N1CCN(C(=O)c2ccc(NS(=O)(=O)c3cccc4cc(C5CCC5)cnc34)cc2)CC1. The average molecular weight is 589 g/mol. The van der Waals surface area contributed by atoms with Gasteiger partial charge in [0.1, 0.15) is 16.5 Å². The van der Waals surface area contributed by atoms with Crippen LogP contribution in [0.15, 0.2) is 83.9 Å². The molecule has 6 rings (SSSR count). The summed E-state index contributed by atoms with van der Waals surface area (Å²) >= 11 is 0. The van der Waals surface area contributed by atoms with Crippen molar-refractivity contribution < 1.29 is 27.1 Å². The van der Waals surface area contributed by atoms with E-state index in [2.05, 4.69) is 9.71 Å². The van der Waals surface area contributed by atoms with E-state index in [0.29, 0.717) is 35.8 Å². The van der Waals surface area contributed by atoms with Gasteiger partial charge in [-0.3, -0.25) is 14.5 Å². The van der Waals surface area contributed by atoms with Crippen LogP contribution in [-0.4, -0.2) is 61.4 Å². The Morgan fingerprint density at radius 3 is 2.31 bits per heavy atom. The predicted octanol–water partition coefficient (Wildman–Crippen LogP) is 5.40. The number of hydrogen-bond acceptors (Lipinski definition) is 6. The lowest BCUT2D eigenvalue weighted by Gasteiger charge is -2.34. The summed E-state index contributed by atoms with van der Waals surface area (Å²) < 4.78 is 47.8. The molecular formula is C31H29FN4O5S. The van der Waals surface area contributed by atoms with Crippen LogP contribution >= 0.6 is 0 Å². The fourth-order valence-electron chi connectivity index (χ4n) is 5.19. The van der Waals surface area contributed by atoms with Crippen LogP contribution in [0.1, 0.15) is 41.1 Å². The van der Waals surface area contributed by atoms with Gasteiger partial charge in [-0.1, -0.05) is 24.6 Å². The van der Waals surface area contributed by atoms with E-state index in [-0.39, 0.29) is 29.6 Å². The third-order valence-electron chi connectivity index (χ3n) is 7.77. The predicted molar refractivity (Wildman–Crippen MR) is 155 cm³/mol. The Hall–Kier alpha value is -4.51. The number of benzene rings is 3. The van der Waals surface area contributed by atoms with Crippen molar-refractivity contribution in [2.75, 3.05) is 30.9 Å². The Morgan fingerprint density at radius 2 is 1.62 bits per heavy atom. The second-order valence-electron chi connectivity index (χ2n) is 10.5. The summed E-state index contributed by atoms with van der Waals surface area (Å²) in [6, 6.07) is 18.7. The molecular weight excluding hydrogens is 559 g/mol. The van der Waals surface area contributed by atoms with Crippen molar-refractivity contribution >= 4 is 38.6 Å². The molecule has 1 aromatic heterocycles. The molecule has 1 aliphatic carbocycles. The summed E-state index contributed by atoms with van der Waals surface area (Å²) in [5.74, 6) is -0.126. The lowest BCUT2D eigenvalue weighted by Crippen LogP contribution is -2.51. The van der Waals surface area contributed by atoms with Crippen LogP contribution in [0.5, 0.6) is 5.75 Å². The Kier molecular flexibility index (Phi) is 7.51. The molecule has 1 saturated carbocycles. The van der Waals surface area contributed by atoms with Crippen LogP contribution in [0.3, 0.4) is 0 Å². The number of sulfonamides is 1. The van der Waals surface area contributed by atoms with Gasteiger partial charge in [0.05, 0.1) is 5.52 Å². The maximum atomic E-state index is 13.4. The maximum absolute atomic E-state index is 13.4. The summed E-state index contributed by atoms with van der Waals surface area (Å²) in [4.78, 5) is 33.2. The van der Waals surface area contributed by atoms with Gasteiger partial charge in [0, 0.05) is 55.1 Å². The summed E-state index contributed by atoms with van der Waals surface area (Å²) in [6.07, 6.45) is 4.64. The summed E-state index contributed by atoms with van der Waals surface area (Å²) in [5.41, 5.74) is 2.27. The van der Waals surface area contributed by atoms with Gasteiger partial charge in [-0.2, -0.15) is 0 Å². The zero-order chi connectivity index (χ0) is 29.3. The minimum atomic E-state index is -3.94. The van der Waals surface area contributed by atoms with E-state index in [1.54, 1.807) is 41.4 Å². The number of anilines is 1. The van der Waals surface area contributed by atoms with Crippen LogP contribution in [0.25, 0.3) is 10.9 Å². The zero-order valence-electron chi connectivity index (χ0n) is 22.7. The Morgan fingerprint density at radius 1 is 0.905 bits per heavy atom. The van der Waals surface area contributed by atoms with E-state index in [9.17, 15) is 22.4 Å². The highest BCUT2D eigenvalue weighted by Gasteiger charge is 2.27. The van der Waals surface area contributed by atoms with E-state index in [4.69, 9.17) is 4.74 Å². The number of carbonyl (C=O) groups excluding carboxylic acids is 2. The number of aromatic nitrogens is 1. The number of pyridine rings is 1. The third kappa shape index (κ3) is 5.78. The number of hydrogen-bond donors (Lipinski definition) is 1. The van der Waals surface area contributed by atoms with Gasteiger partial charge >= 0.3 is 6.09 Å². The quantitative estimate of drug-likeness (QED) is 0.323. The van der Waals surface area contributed by atoms with Crippen molar-refractivity contribution in [3.8, 4) is 5.75 Å². The first-order chi connectivity index (χ1) is 20.3. The van der Waals surface area contributed by atoms with E-state index < -0.39 is 21.9 Å². The molecule has 0 spiro atoms. The minimum absolute atomic E-state index is 0.0918. The van der Waals surface area contributed by atoms with E-state index in [0.717, 1.165) is 29.9 Å². The molecule has 2 fully saturated rings. The van der Waals surface area contributed by atoms with Gasteiger partial charge in [0.2, 0.25) is 0 Å². The number of halogens is 1. The monoisotopic (exact) mass is 588 g/mol. The number of carbonyl (C=O) groups is 2. The molecule has 0 radical (unpaired) electrons. The standard InChI is InChI=1S/C31H29FN4O5S/c32-25-7-3-8-27(19-25)41-31(38)36-16-14-35(15-17-36)30(37)22-10-12-26(13-11-22)34-42(39,40)28-9-2-6-23-18-24(20-33-29(23)28)21-4-1-5-21/h2-3,6-13,18-21,34H,1,4-5,14-17H2. The lowest BCUT2D eigenvalue weighted by molar-refractivity contribution is 0.0633. The first-order valence-electron chi connectivity index (χ1n) is 13.8. The molecule has 3 aromatic carbocycles. The first-order valence-corrected chi connectivity index (χ1v) is 15.3. The molecule has 2 aliphatic rings. The number of nitrogens with zero attached hydrogens (tertiary/aromatic N) is 3. The fraction of sp³-hybridized carbons (Fsp3) is 0.258. The fourth-order valence-corrected chi connectivity index (χ4v) is 6.43. The largest absolute Gasteiger partial charge is 0.415 e. The van der Waals surface area contributed by atoms with Crippen LogP contribution in [0, 0.1) is 5.82 Å². The van der Waals surface area contributed by atoms with Crippen LogP contribution < -0.4 is 9.46 Å². The van der Waals surface area contributed by atoms with Crippen molar-refractivity contribution in [2.45, 2.75) is 30.1 Å². The smallest absolute Gasteiger partial charge is 0.410 e. The van der Waals surface area contributed by atoms with Crippen molar-refractivity contribution in [1.82, 2.24) is 14.8 Å². The average Bonchev–Trinajstić information content (AvgIpc) is 2.96. The zero-order valence-corrected chi connectivity index (χ0v) is 23.5. The summed E-state index contributed by atoms with van der Waals surface area (Å²) in [6.45, 7) is 1.11. The highest BCUT2D eigenvalue weighted by Crippen LogP contribution is 2.37. The second kappa shape index (κ2) is 11.4. The number of para-hydroxylation sites is 1. The van der Waals surface area contributed by atoms with Gasteiger partial charge in [-0.25, -0.2) is 17.6 Å². The summed E-state index contributed by atoms with van der Waals surface area (Å²) in [5, 5.41) is 0.783. The molecule has 9 nitrogen and oxygen atoms in total. The van der Waals surface area contributed by atoms with Crippen LogP contribution in [0.4, 0.5) is 14.9 Å². The number of nitrogens with one attached hydrogen (secondary N) is 1. The number of fused-ring (bicyclic) bond motifs is 1. The van der Waals surface area contributed by atoms with Gasteiger partial charge in [-0.15, -0.1) is 0 Å². The Bertz CT molecular complexity index is 1750. The molecule has 2 heterocycles. The number of ether oxygens (including phenoxy) is 1. The molecule has 2 amide bonds. The molecule has 42 heavy (non-hydrogen) atoms. The number of amides is 2. The molecule has 0 atom stereocenters. The molecule has 1 N–H and O–H groups in total. The van der Waals surface area contributed by atoms with Crippen molar-refractivity contribution in [1.29, 1.82) is 0 Å². The van der Waals surface area contributed by atoms with E-state index in [1.165, 1.54) is 35.6 Å². The first kappa shape index (κ1) is 27.6. The van der Waals surface area contributed by atoms with Gasteiger partial charge in [0.25, 0.3) is 15.9 Å². The van der Waals surface area contributed by atoms with E-state index >= 15 is 0 Å².